The van der Waals surface area contributed by atoms with Crippen molar-refractivity contribution in [3.05, 3.63) is 0 Å². The fourth-order valence-corrected chi connectivity index (χ4v) is 2.85. The molecule has 0 aromatic rings. The first kappa shape index (κ1) is 8.52. The van der Waals surface area contributed by atoms with Gasteiger partial charge in [0.05, 0.1) is 6.17 Å². The van der Waals surface area contributed by atoms with E-state index in [1.807, 2.05) is 0 Å². The maximum absolute atomic E-state index is 3.64. The normalized spacial score (nSPS) is 43.0. The van der Waals surface area contributed by atoms with E-state index in [1.54, 1.807) is 0 Å². The third-order valence-corrected chi connectivity index (χ3v) is 3.11. The Labute approximate surface area is 75.1 Å². The lowest BCUT2D eigenvalue weighted by atomic mass is 9.90. The highest BCUT2D eigenvalue weighted by molar-refractivity contribution is 5.05. The summed E-state index contributed by atoms with van der Waals surface area (Å²) in [6, 6.07) is 0. The molecule has 2 aliphatic heterocycles. The first-order valence-electron chi connectivity index (χ1n) is 4.93. The molecular formula is C10H20N2. The van der Waals surface area contributed by atoms with Crippen LogP contribution in [-0.4, -0.2) is 17.2 Å². The van der Waals surface area contributed by atoms with E-state index < -0.39 is 0 Å². The van der Waals surface area contributed by atoms with Crippen molar-refractivity contribution in [2.75, 3.05) is 0 Å². The Morgan fingerprint density at radius 2 is 1.33 bits per heavy atom. The van der Waals surface area contributed by atoms with Gasteiger partial charge in [0, 0.05) is 11.1 Å². The number of rotatable bonds is 0. The van der Waals surface area contributed by atoms with Crippen LogP contribution < -0.4 is 10.6 Å². The number of hydrogen-bond acceptors (Lipinski definition) is 2. The van der Waals surface area contributed by atoms with Crippen molar-refractivity contribution in [1.29, 1.82) is 0 Å². The van der Waals surface area contributed by atoms with Crippen molar-refractivity contribution < 1.29 is 0 Å². The van der Waals surface area contributed by atoms with Gasteiger partial charge in [0.1, 0.15) is 0 Å². The minimum atomic E-state index is 0.346. The van der Waals surface area contributed by atoms with E-state index in [1.165, 1.54) is 12.8 Å². The van der Waals surface area contributed by atoms with Gasteiger partial charge in [0.15, 0.2) is 0 Å². The monoisotopic (exact) mass is 168 g/mol. The summed E-state index contributed by atoms with van der Waals surface area (Å²) in [4.78, 5) is 0. The Kier molecular flexibility index (Phi) is 1.59. The van der Waals surface area contributed by atoms with Crippen LogP contribution in [0.2, 0.25) is 0 Å². The minimum absolute atomic E-state index is 0.346. The second-order valence-electron chi connectivity index (χ2n) is 5.70. The molecule has 2 fully saturated rings. The van der Waals surface area contributed by atoms with Crippen molar-refractivity contribution in [2.45, 2.75) is 57.8 Å². The number of nitrogens with one attached hydrogen (secondary N) is 2. The molecule has 70 valence electrons. The van der Waals surface area contributed by atoms with E-state index in [0.29, 0.717) is 17.2 Å². The van der Waals surface area contributed by atoms with Gasteiger partial charge in [-0.3, -0.25) is 10.6 Å². The predicted molar refractivity (Wildman–Crippen MR) is 50.9 cm³/mol. The van der Waals surface area contributed by atoms with E-state index in [-0.39, 0.29) is 0 Å². The highest BCUT2D eigenvalue weighted by Crippen LogP contribution is 2.38. The Hall–Kier alpha value is -0.0800. The highest BCUT2D eigenvalue weighted by atomic mass is 15.2. The maximum Gasteiger partial charge on any atom is 0.0610 e. The molecule has 2 N–H and O–H groups in total. The van der Waals surface area contributed by atoms with Crippen LogP contribution >= 0.6 is 0 Å². The molecule has 2 heterocycles. The van der Waals surface area contributed by atoms with Crippen LogP contribution in [0.15, 0.2) is 0 Å². The fourth-order valence-electron chi connectivity index (χ4n) is 2.85. The van der Waals surface area contributed by atoms with Crippen molar-refractivity contribution >= 4 is 0 Å². The summed E-state index contributed by atoms with van der Waals surface area (Å²) in [5.41, 5.74) is 0.692. The first-order chi connectivity index (χ1) is 5.38. The maximum atomic E-state index is 3.64. The zero-order chi connectivity index (χ0) is 8.98. The first-order valence-corrected chi connectivity index (χ1v) is 4.93. The molecule has 2 saturated heterocycles. The molecule has 0 unspecified atom stereocenters. The van der Waals surface area contributed by atoms with Crippen LogP contribution in [0.1, 0.15) is 40.5 Å². The summed E-state index contributed by atoms with van der Waals surface area (Å²) in [6.07, 6.45) is 3.19. The minimum Gasteiger partial charge on any atom is -0.297 e. The van der Waals surface area contributed by atoms with Gasteiger partial charge in [-0.05, 0) is 46.5 Å². The molecular weight excluding hydrogens is 148 g/mol. The Balaban J connectivity index is 2.07. The lowest BCUT2D eigenvalue weighted by molar-refractivity contribution is 0.339. The van der Waals surface area contributed by atoms with Crippen molar-refractivity contribution in [3.8, 4) is 0 Å². The molecule has 2 heteroatoms. The molecule has 0 bridgehead atoms. The summed E-state index contributed by atoms with van der Waals surface area (Å²) in [5, 5.41) is 7.27. The van der Waals surface area contributed by atoms with Crippen LogP contribution in [-0.2, 0) is 0 Å². The molecule has 2 rings (SSSR count). The molecule has 0 spiro atoms. The average molecular weight is 168 g/mol. The van der Waals surface area contributed by atoms with E-state index >= 15 is 0 Å². The van der Waals surface area contributed by atoms with E-state index in [4.69, 9.17) is 0 Å². The van der Waals surface area contributed by atoms with Gasteiger partial charge in [0.25, 0.3) is 0 Å². The smallest absolute Gasteiger partial charge is 0.0610 e. The average Bonchev–Trinajstić information content (AvgIpc) is 2.12. The molecule has 2 aliphatic rings. The van der Waals surface area contributed by atoms with Gasteiger partial charge in [-0.2, -0.15) is 0 Å². The van der Waals surface area contributed by atoms with E-state index in [9.17, 15) is 0 Å². The summed E-state index contributed by atoms with van der Waals surface area (Å²) in [5.74, 6) is 0.843. The van der Waals surface area contributed by atoms with Gasteiger partial charge in [0.2, 0.25) is 0 Å². The second kappa shape index (κ2) is 2.24. The molecule has 2 nitrogen and oxygen atoms in total. The Morgan fingerprint density at radius 3 is 1.67 bits per heavy atom. The molecule has 12 heavy (non-hydrogen) atoms. The predicted octanol–water partition coefficient (Wildman–Crippen LogP) is 1.47. The molecule has 0 amide bonds. The van der Waals surface area contributed by atoms with Crippen molar-refractivity contribution in [2.24, 2.45) is 5.92 Å². The fraction of sp³-hybridized carbons (Fsp3) is 1.00. The van der Waals surface area contributed by atoms with Crippen LogP contribution in [0.25, 0.3) is 0 Å². The summed E-state index contributed by atoms with van der Waals surface area (Å²) >= 11 is 0. The highest BCUT2D eigenvalue weighted by Gasteiger charge is 2.46. The molecule has 0 aromatic carbocycles. The van der Waals surface area contributed by atoms with Gasteiger partial charge in [-0.15, -0.1) is 0 Å². The molecule has 0 aliphatic carbocycles. The van der Waals surface area contributed by atoms with Crippen LogP contribution in [0.4, 0.5) is 0 Å². The second-order valence-corrected chi connectivity index (χ2v) is 5.70. The topological polar surface area (TPSA) is 24.1 Å². The van der Waals surface area contributed by atoms with Gasteiger partial charge in [-0.25, -0.2) is 0 Å². The van der Waals surface area contributed by atoms with Crippen molar-refractivity contribution in [3.63, 3.8) is 0 Å². The largest absolute Gasteiger partial charge is 0.297 e. The number of fused-ring (bicyclic) bond motifs is 1. The zero-order valence-corrected chi connectivity index (χ0v) is 8.57. The van der Waals surface area contributed by atoms with E-state index in [0.717, 1.165) is 5.92 Å². The SMILES string of the molecule is CC1(C)CC2CC(C)(C)NC2N1. The quantitative estimate of drug-likeness (QED) is 0.572. The van der Waals surface area contributed by atoms with Crippen LogP contribution in [0.5, 0.6) is 0 Å². The van der Waals surface area contributed by atoms with Crippen LogP contribution in [0, 0.1) is 5.92 Å². The lowest BCUT2D eigenvalue weighted by Crippen LogP contribution is -2.48. The third kappa shape index (κ3) is 1.38. The number of hydrogen-bond donors (Lipinski definition) is 2. The molecule has 0 atom stereocenters. The van der Waals surface area contributed by atoms with Crippen LogP contribution in [0.3, 0.4) is 0 Å². The summed E-state index contributed by atoms with van der Waals surface area (Å²) in [6.45, 7) is 9.17. The van der Waals surface area contributed by atoms with Crippen molar-refractivity contribution in [1.82, 2.24) is 10.6 Å². The Bertz CT molecular complexity index is 158. The van der Waals surface area contributed by atoms with Gasteiger partial charge in [-0.1, -0.05) is 0 Å². The Morgan fingerprint density at radius 1 is 0.917 bits per heavy atom. The third-order valence-electron chi connectivity index (χ3n) is 3.11. The standard InChI is InChI=1S/C10H20N2/c1-9(2)5-7-6-10(3,4)12-8(7)11-9/h7-8,11-12H,5-6H2,1-4H3. The summed E-state index contributed by atoms with van der Waals surface area (Å²) in [7, 11) is 0. The van der Waals surface area contributed by atoms with E-state index in [2.05, 4.69) is 38.3 Å². The zero-order valence-electron chi connectivity index (χ0n) is 8.57. The lowest BCUT2D eigenvalue weighted by Gasteiger charge is -2.26. The van der Waals surface area contributed by atoms with Gasteiger partial charge >= 0.3 is 0 Å². The molecule has 0 saturated carbocycles. The van der Waals surface area contributed by atoms with Gasteiger partial charge < -0.3 is 0 Å². The molecule has 0 radical (unpaired) electrons. The molecule has 0 aromatic heterocycles. The summed E-state index contributed by atoms with van der Waals surface area (Å²) < 4.78 is 0.